The van der Waals surface area contributed by atoms with Crippen LogP contribution in [-0.4, -0.2) is 51.2 Å². The molecular weight excluding hydrogens is 196 g/mol. The molecule has 0 radical (unpaired) electrons. The SMILES string of the molecule is COCO[SiH](OCOC)OCOC. The van der Waals surface area contributed by atoms with Crippen LogP contribution in [0.15, 0.2) is 0 Å². The first kappa shape index (κ1) is 13.0. The molecule has 0 unspecified atom stereocenters. The largest absolute Gasteiger partial charge is 0.489 e. The molecule has 80 valence electrons. The summed E-state index contributed by atoms with van der Waals surface area (Å²) < 4.78 is 29.4. The van der Waals surface area contributed by atoms with Gasteiger partial charge < -0.3 is 27.5 Å². The first-order valence-corrected chi connectivity index (χ1v) is 5.08. The van der Waals surface area contributed by atoms with E-state index in [2.05, 4.69) is 0 Å². The third-order valence-corrected chi connectivity index (χ3v) is 2.19. The van der Waals surface area contributed by atoms with Crippen LogP contribution in [0.3, 0.4) is 0 Å². The lowest BCUT2D eigenvalue weighted by Crippen LogP contribution is -2.29. The molecular formula is C6H16O6Si. The number of hydrogen-bond acceptors (Lipinski definition) is 6. The summed E-state index contributed by atoms with van der Waals surface area (Å²) in [6.45, 7) is 0.430. The van der Waals surface area contributed by atoms with Crippen molar-refractivity contribution in [2.75, 3.05) is 41.7 Å². The number of ether oxygens (including phenoxy) is 3. The predicted molar refractivity (Wildman–Crippen MR) is 46.0 cm³/mol. The van der Waals surface area contributed by atoms with E-state index in [1.54, 1.807) is 0 Å². The first-order chi connectivity index (χ1) is 6.35. The normalized spacial score (nSPS) is 11.1. The Labute approximate surface area is 79.6 Å². The van der Waals surface area contributed by atoms with Crippen LogP contribution in [0, 0.1) is 0 Å². The van der Waals surface area contributed by atoms with Crippen LogP contribution < -0.4 is 0 Å². The Bertz CT molecular complexity index is 84.1. The highest BCUT2D eigenvalue weighted by Crippen LogP contribution is 1.93. The van der Waals surface area contributed by atoms with Gasteiger partial charge in [-0.15, -0.1) is 0 Å². The molecule has 0 saturated heterocycles. The summed E-state index contributed by atoms with van der Waals surface area (Å²) in [4.78, 5) is 0. The maximum absolute atomic E-state index is 5.11. The first-order valence-electron chi connectivity index (χ1n) is 3.66. The number of hydrogen-bond donors (Lipinski definition) is 0. The molecule has 0 bridgehead atoms. The zero-order valence-electron chi connectivity index (χ0n) is 8.15. The van der Waals surface area contributed by atoms with E-state index in [0.717, 1.165) is 0 Å². The van der Waals surface area contributed by atoms with Crippen LogP contribution in [0.5, 0.6) is 0 Å². The van der Waals surface area contributed by atoms with Crippen LogP contribution in [0.1, 0.15) is 0 Å². The van der Waals surface area contributed by atoms with Gasteiger partial charge in [-0.3, -0.25) is 0 Å². The van der Waals surface area contributed by atoms with E-state index in [0.29, 0.717) is 0 Å². The molecule has 0 saturated carbocycles. The third kappa shape index (κ3) is 8.31. The summed E-state index contributed by atoms with van der Waals surface area (Å²) in [6, 6.07) is 0. The predicted octanol–water partition coefficient (Wildman–Crippen LogP) is -0.435. The molecule has 13 heavy (non-hydrogen) atoms. The van der Waals surface area contributed by atoms with Gasteiger partial charge in [0.15, 0.2) is 0 Å². The molecule has 0 aliphatic heterocycles. The van der Waals surface area contributed by atoms with Crippen molar-refractivity contribution >= 4 is 9.53 Å². The Morgan fingerprint density at radius 2 is 1.00 bits per heavy atom. The van der Waals surface area contributed by atoms with Crippen molar-refractivity contribution in [3.63, 3.8) is 0 Å². The van der Waals surface area contributed by atoms with Gasteiger partial charge in [-0.25, -0.2) is 0 Å². The van der Waals surface area contributed by atoms with Crippen molar-refractivity contribution in [2.45, 2.75) is 0 Å². The van der Waals surface area contributed by atoms with Gasteiger partial charge in [0.1, 0.15) is 20.4 Å². The molecule has 0 aliphatic rings. The molecule has 0 amide bonds. The minimum absolute atomic E-state index is 0.143. The summed E-state index contributed by atoms with van der Waals surface area (Å²) >= 11 is 0. The molecule has 0 fully saturated rings. The van der Waals surface area contributed by atoms with Crippen molar-refractivity contribution in [3.05, 3.63) is 0 Å². The summed E-state index contributed by atoms with van der Waals surface area (Å²) in [7, 11) is 2.42. The maximum Gasteiger partial charge on any atom is 0.489 e. The fourth-order valence-electron chi connectivity index (χ4n) is 0.515. The average molecular weight is 212 g/mol. The lowest BCUT2D eigenvalue weighted by Gasteiger charge is -2.14. The summed E-state index contributed by atoms with van der Waals surface area (Å²) in [5.74, 6) is 0. The van der Waals surface area contributed by atoms with Gasteiger partial charge in [-0.05, 0) is 0 Å². The number of methoxy groups -OCH3 is 3. The lowest BCUT2D eigenvalue weighted by atomic mass is 11.4. The van der Waals surface area contributed by atoms with Gasteiger partial charge in [0.25, 0.3) is 0 Å². The van der Waals surface area contributed by atoms with E-state index in [4.69, 9.17) is 27.5 Å². The Hall–Kier alpha value is -0.0231. The molecule has 6 nitrogen and oxygen atoms in total. The van der Waals surface area contributed by atoms with Gasteiger partial charge in [0, 0.05) is 21.3 Å². The molecule has 0 heterocycles. The van der Waals surface area contributed by atoms with E-state index in [-0.39, 0.29) is 20.4 Å². The van der Waals surface area contributed by atoms with Crippen LogP contribution in [-0.2, 0) is 27.5 Å². The van der Waals surface area contributed by atoms with Gasteiger partial charge in [0.05, 0.1) is 0 Å². The van der Waals surface area contributed by atoms with Gasteiger partial charge in [-0.2, -0.15) is 0 Å². The lowest BCUT2D eigenvalue weighted by molar-refractivity contribution is -0.0665. The van der Waals surface area contributed by atoms with Crippen molar-refractivity contribution in [1.82, 2.24) is 0 Å². The molecule has 0 aliphatic carbocycles. The fraction of sp³-hybridized carbons (Fsp3) is 1.00. The molecule has 0 N–H and O–H groups in total. The highest BCUT2D eigenvalue weighted by Gasteiger charge is 2.14. The van der Waals surface area contributed by atoms with E-state index in [1.807, 2.05) is 0 Å². The zero-order valence-corrected chi connectivity index (χ0v) is 9.30. The molecule has 0 atom stereocenters. The molecule has 0 aromatic carbocycles. The minimum Gasteiger partial charge on any atom is -0.360 e. The maximum atomic E-state index is 5.11. The van der Waals surface area contributed by atoms with Crippen molar-refractivity contribution in [2.24, 2.45) is 0 Å². The van der Waals surface area contributed by atoms with Crippen molar-refractivity contribution in [1.29, 1.82) is 0 Å². The molecule has 7 heteroatoms. The quantitative estimate of drug-likeness (QED) is 0.382. The third-order valence-electron chi connectivity index (χ3n) is 0.966. The topological polar surface area (TPSA) is 55.4 Å². The van der Waals surface area contributed by atoms with Crippen LogP contribution >= 0.6 is 0 Å². The van der Waals surface area contributed by atoms with Crippen LogP contribution in [0.2, 0.25) is 0 Å². The molecule has 0 aromatic rings. The summed E-state index contributed by atoms with van der Waals surface area (Å²) in [6.07, 6.45) is 0. The minimum atomic E-state index is -2.16. The molecule has 0 rings (SSSR count). The average Bonchev–Trinajstić information content (AvgIpc) is 2.17. The van der Waals surface area contributed by atoms with Crippen LogP contribution in [0.4, 0.5) is 0 Å². The Balaban J connectivity index is 3.47. The second-order valence-corrected chi connectivity index (χ2v) is 3.59. The van der Waals surface area contributed by atoms with Crippen molar-refractivity contribution in [3.8, 4) is 0 Å². The van der Waals surface area contributed by atoms with Gasteiger partial charge in [0.2, 0.25) is 0 Å². The van der Waals surface area contributed by atoms with Gasteiger partial charge in [-0.1, -0.05) is 0 Å². The standard InChI is InChI=1S/C6H16O6Si/c1-7-4-10-13(11-5-8-2)12-6-9-3/h13H,4-6H2,1-3H3. The van der Waals surface area contributed by atoms with E-state index < -0.39 is 9.53 Å². The van der Waals surface area contributed by atoms with E-state index in [9.17, 15) is 0 Å². The van der Waals surface area contributed by atoms with Crippen molar-refractivity contribution < 1.29 is 27.5 Å². The monoisotopic (exact) mass is 212 g/mol. The molecule has 0 aromatic heterocycles. The summed E-state index contributed by atoms with van der Waals surface area (Å²) in [5, 5.41) is 0. The molecule has 0 spiro atoms. The van der Waals surface area contributed by atoms with Crippen LogP contribution in [0.25, 0.3) is 0 Å². The van der Waals surface area contributed by atoms with E-state index in [1.165, 1.54) is 21.3 Å². The second-order valence-electron chi connectivity index (χ2n) is 2.01. The Morgan fingerprint density at radius 1 is 0.692 bits per heavy atom. The highest BCUT2D eigenvalue weighted by atomic mass is 28.3. The van der Waals surface area contributed by atoms with Gasteiger partial charge >= 0.3 is 9.53 Å². The second kappa shape index (κ2) is 10.1. The number of rotatable bonds is 9. The van der Waals surface area contributed by atoms with E-state index >= 15 is 0 Å². The Morgan fingerprint density at radius 3 is 1.23 bits per heavy atom. The zero-order chi connectivity index (χ0) is 9.94. The highest BCUT2D eigenvalue weighted by molar-refractivity contribution is 6.36. The summed E-state index contributed by atoms with van der Waals surface area (Å²) in [5.41, 5.74) is 0. The smallest absolute Gasteiger partial charge is 0.360 e. The Kier molecular flexibility index (Phi) is 10.0. The fourth-order valence-corrected chi connectivity index (χ4v) is 1.55.